The molecule has 6 heteroatoms. The molecule has 1 heterocycles. The van der Waals surface area contributed by atoms with E-state index in [1.807, 2.05) is 56.3 Å². The summed E-state index contributed by atoms with van der Waals surface area (Å²) in [5, 5.41) is 19.9. The Bertz CT molecular complexity index is 1290. The summed E-state index contributed by atoms with van der Waals surface area (Å²) in [6.45, 7) is 3.79. The first kappa shape index (κ1) is 20.0. The summed E-state index contributed by atoms with van der Waals surface area (Å²) in [5.41, 5.74) is 4.45. The van der Waals surface area contributed by atoms with E-state index >= 15 is 0 Å². The standard InChI is InChI=1S/C25H20N4O2/c1-15-11-18(12-16(2)21(15)14-26)24-27-23(17-7-5-4-6-8-17)28-25(29-24)20-10-9-19(31-3)13-22(20)30/h4-13,30H,1-3H3. The molecule has 31 heavy (non-hydrogen) atoms. The lowest BCUT2D eigenvalue weighted by molar-refractivity contribution is 0.408. The second-order valence-corrected chi connectivity index (χ2v) is 7.15. The van der Waals surface area contributed by atoms with Crippen LogP contribution in [0.25, 0.3) is 34.2 Å². The van der Waals surface area contributed by atoms with Crippen LogP contribution in [-0.2, 0) is 0 Å². The molecule has 6 nitrogen and oxygen atoms in total. The third-order valence-corrected chi connectivity index (χ3v) is 5.02. The van der Waals surface area contributed by atoms with Crippen molar-refractivity contribution in [2.24, 2.45) is 0 Å². The van der Waals surface area contributed by atoms with Gasteiger partial charge in [0.2, 0.25) is 0 Å². The first-order chi connectivity index (χ1) is 15.0. The number of nitrogens with zero attached hydrogens (tertiary/aromatic N) is 4. The van der Waals surface area contributed by atoms with Crippen molar-refractivity contribution >= 4 is 0 Å². The summed E-state index contributed by atoms with van der Waals surface area (Å²) in [7, 11) is 1.54. The fourth-order valence-corrected chi connectivity index (χ4v) is 3.44. The Morgan fingerprint density at radius 2 is 1.42 bits per heavy atom. The molecule has 0 spiro atoms. The van der Waals surface area contributed by atoms with Crippen molar-refractivity contribution in [2.75, 3.05) is 7.11 Å². The minimum absolute atomic E-state index is 0.0164. The summed E-state index contributed by atoms with van der Waals surface area (Å²) < 4.78 is 5.18. The predicted molar refractivity (Wildman–Crippen MR) is 119 cm³/mol. The van der Waals surface area contributed by atoms with Crippen molar-refractivity contribution < 1.29 is 9.84 Å². The number of methoxy groups -OCH3 is 1. The average molecular weight is 408 g/mol. The van der Waals surface area contributed by atoms with E-state index in [1.54, 1.807) is 19.2 Å². The largest absolute Gasteiger partial charge is 0.507 e. The van der Waals surface area contributed by atoms with Crippen molar-refractivity contribution in [3.8, 4) is 51.7 Å². The summed E-state index contributed by atoms with van der Waals surface area (Å²) in [6, 6.07) is 20.6. The quantitative estimate of drug-likeness (QED) is 0.506. The summed E-state index contributed by atoms with van der Waals surface area (Å²) in [5.74, 6) is 1.87. The van der Waals surface area contributed by atoms with Crippen LogP contribution in [0.15, 0.2) is 60.7 Å². The molecule has 0 aliphatic rings. The molecule has 0 fully saturated rings. The average Bonchev–Trinajstić information content (AvgIpc) is 2.79. The minimum atomic E-state index is 0.0164. The van der Waals surface area contributed by atoms with Gasteiger partial charge >= 0.3 is 0 Å². The van der Waals surface area contributed by atoms with Gasteiger partial charge in [0.25, 0.3) is 0 Å². The molecule has 3 aromatic carbocycles. The summed E-state index contributed by atoms with van der Waals surface area (Å²) >= 11 is 0. The van der Waals surface area contributed by atoms with Gasteiger partial charge < -0.3 is 9.84 Å². The molecule has 0 bridgehead atoms. The number of aromatic hydroxyl groups is 1. The number of benzene rings is 3. The van der Waals surface area contributed by atoms with Gasteiger partial charge in [0.05, 0.1) is 24.3 Å². The van der Waals surface area contributed by atoms with Crippen molar-refractivity contribution in [1.29, 1.82) is 5.26 Å². The van der Waals surface area contributed by atoms with E-state index in [1.165, 1.54) is 6.07 Å². The Morgan fingerprint density at radius 1 is 0.806 bits per heavy atom. The van der Waals surface area contributed by atoms with Crippen LogP contribution in [0, 0.1) is 25.2 Å². The van der Waals surface area contributed by atoms with Gasteiger partial charge in [-0.05, 0) is 49.2 Å². The third kappa shape index (κ3) is 3.94. The lowest BCUT2D eigenvalue weighted by Gasteiger charge is -2.11. The van der Waals surface area contributed by atoms with E-state index in [-0.39, 0.29) is 5.75 Å². The Kier molecular flexibility index (Phi) is 5.33. The smallest absolute Gasteiger partial charge is 0.167 e. The van der Waals surface area contributed by atoms with Gasteiger partial charge in [0.1, 0.15) is 11.5 Å². The molecule has 0 amide bonds. The molecule has 152 valence electrons. The van der Waals surface area contributed by atoms with Gasteiger partial charge in [0, 0.05) is 17.2 Å². The van der Waals surface area contributed by atoms with Gasteiger partial charge in [-0.1, -0.05) is 30.3 Å². The van der Waals surface area contributed by atoms with E-state index in [9.17, 15) is 10.4 Å². The van der Waals surface area contributed by atoms with Gasteiger partial charge in [0.15, 0.2) is 17.5 Å². The Hall–Kier alpha value is -4.24. The normalized spacial score (nSPS) is 10.5. The molecule has 4 rings (SSSR count). The van der Waals surface area contributed by atoms with Gasteiger partial charge in [-0.25, -0.2) is 15.0 Å². The van der Waals surface area contributed by atoms with Gasteiger partial charge in [-0.3, -0.25) is 0 Å². The molecule has 0 radical (unpaired) electrons. The zero-order valence-electron chi connectivity index (χ0n) is 17.4. The van der Waals surface area contributed by atoms with E-state index < -0.39 is 0 Å². The maximum absolute atomic E-state index is 10.5. The molecule has 1 N–H and O–H groups in total. The minimum Gasteiger partial charge on any atom is -0.507 e. The van der Waals surface area contributed by atoms with Gasteiger partial charge in [-0.2, -0.15) is 5.26 Å². The van der Waals surface area contributed by atoms with Crippen LogP contribution < -0.4 is 4.74 Å². The topological polar surface area (TPSA) is 91.9 Å². The van der Waals surface area contributed by atoms with Crippen LogP contribution in [0.4, 0.5) is 0 Å². The Labute approximate surface area is 180 Å². The molecule has 1 aromatic heterocycles. The van der Waals surface area contributed by atoms with E-state index in [4.69, 9.17) is 4.74 Å². The zero-order chi connectivity index (χ0) is 22.0. The number of aromatic nitrogens is 3. The molecule has 0 saturated carbocycles. The maximum Gasteiger partial charge on any atom is 0.167 e. The van der Waals surface area contributed by atoms with Crippen molar-refractivity contribution in [3.63, 3.8) is 0 Å². The SMILES string of the molecule is COc1ccc(-c2nc(-c3ccccc3)nc(-c3cc(C)c(C#N)c(C)c3)n2)c(O)c1. The highest BCUT2D eigenvalue weighted by atomic mass is 16.5. The molecule has 0 aliphatic carbocycles. The highest BCUT2D eigenvalue weighted by molar-refractivity contribution is 5.71. The van der Waals surface area contributed by atoms with Crippen molar-refractivity contribution in [3.05, 3.63) is 77.4 Å². The molecule has 0 saturated heterocycles. The predicted octanol–water partition coefficient (Wildman–Crippen LogP) is 5.08. The Morgan fingerprint density at radius 3 is 2.00 bits per heavy atom. The first-order valence-electron chi connectivity index (χ1n) is 9.70. The zero-order valence-corrected chi connectivity index (χ0v) is 17.4. The number of phenolic OH excluding ortho intramolecular Hbond substituents is 1. The van der Waals surface area contributed by atoms with E-state index in [0.29, 0.717) is 34.3 Å². The maximum atomic E-state index is 10.5. The van der Waals surface area contributed by atoms with Crippen molar-refractivity contribution in [2.45, 2.75) is 13.8 Å². The highest BCUT2D eigenvalue weighted by Gasteiger charge is 2.16. The lowest BCUT2D eigenvalue weighted by Crippen LogP contribution is -2.01. The number of aryl methyl sites for hydroxylation is 2. The number of nitriles is 1. The molecule has 4 aromatic rings. The molecule has 0 aliphatic heterocycles. The number of phenols is 1. The number of rotatable bonds is 4. The third-order valence-electron chi connectivity index (χ3n) is 5.02. The summed E-state index contributed by atoms with van der Waals surface area (Å²) in [4.78, 5) is 14.0. The number of ether oxygens (including phenoxy) is 1. The first-order valence-corrected chi connectivity index (χ1v) is 9.70. The van der Waals surface area contributed by atoms with Crippen LogP contribution in [0.1, 0.15) is 16.7 Å². The molecule has 0 unspecified atom stereocenters. The summed E-state index contributed by atoms with van der Waals surface area (Å²) in [6.07, 6.45) is 0. The number of hydrogen-bond donors (Lipinski definition) is 1. The van der Waals surface area contributed by atoms with Crippen LogP contribution in [0.2, 0.25) is 0 Å². The van der Waals surface area contributed by atoms with Gasteiger partial charge in [-0.15, -0.1) is 0 Å². The van der Waals surface area contributed by atoms with Crippen LogP contribution in [0.5, 0.6) is 11.5 Å². The second-order valence-electron chi connectivity index (χ2n) is 7.15. The number of hydrogen-bond acceptors (Lipinski definition) is 6. The van der Waals surface area contributed by atoms with Crippen LogP contribution in [0.3, 0.4) is 0 Å². The fraction of sp³-hybridized carbons (Fsp3) is 0.120. The fourth-order valence-electron chi connectivity index (χ4n) is 3.44. The van der Waals surface area contributed by atoms with E-state index in [2.05, 4.69) is 21.0 Å². The van der Waals surface area contributed by atoms with Crippen LogP contribution in [-0.4, -0.2) is 27.2 Å². The lowest BCUT2D eigenvalue weighted by atomic mass is 10.00. The molecule has 0 atom stereocenters. The molecular weight excluding hydrogens is 388 g/mol. The highest BCUT2D eigenvalue weighted by Crippen LogP contribution is 2.33. The monoisotopic (exact) mass is 408 g/mol. The second kappa shape index (κ2) is 8.25. The van der Waals surface area contributed by atoms with Crippen LogP contribution >= 0.6 is 0 Å². The molecular formula is C25H20N4O2. The van der Waals surface area contributed by atoms with E-state index in [0.717, 1.165) is 22.3 Å². The van der Waals surface area contributed by atoms with Crippen molar-refractivity contribution in [1.82, 2.24) is 15.0 Å². The Balaban J connectivity index is 1.94.